The average Bonchev–Trinajstić information content (AvgIpc) is 2.50. The van der Waals surface area contributed by atoms with E-state index in [1.807, 2.05) is 25.2 Å². The molecule has 0 radical (unpaired) electrons. The lowest BCUT2D eigenvalue weighted by Gasteiger charge is -2.21. The molecule has 1 aliphatic rings. The van der Waals surface area contributed by atoms with E-state index < -0.39 is 0 Å². The molecule has 0 spiro atoms. The van der Waals surface area contributed by atoms with Crippen molar-refractivity contribution in [2.75, 3.05) is 32.1 Å². The molecule has 1 aromatic rings. The van der Waals surface area contributed by atoms with Gasteiger partial charge in [0.05, 0.1) is 0 Å². The van der Waals surface area contributed by atoms with Crippen LogP contribution in [0.15, 0.2) is 18.2 Å². The van der Waals surface area contributed by atoms with Crippen LogP contribution in [0.25, 0.3) is 0 Å². The zero-order chi connectivity index (χ0) is 14.4. The van der Waals surface area contributed by atoms with Crippen LogP contribution in [0, 0.1) is 0 Å². The zero-order valence-corrected chi connectivity index (χ0v) is 12.2. The summed E-state index contributed by atoms with van der Waals surface area (Å²) in [6, 6.07) is 5.94. The molecule has 2 N–H and O–H groups in total. The number of carbonyl (C=O) groups is 1. The molecule has 0 unspecified atom stereocenters. The van der Waals surface area contributed by atoms with Crippen LogP contribution in [0.5, 0.6) is 0 Å². The van der Waals surface area contributed by atoms with Gasteiger partial charge in [0.1, 0.15) is 0 Å². The summed E-state index contributed by atoms with van der Waals surface area (Å²) in [5.41, 5.74) is 3.19. The topological polar surface area (TPSA) is 52.6 Å². The maximum absolute atomic E-state index is 12.4. The molecule has 4 nitrogen and oxygen atoms in total. The van der Waals surface area contributed by atoms with Crippen molar-refractivity contribution < 1.29 is 9.90 Å². The van der Waals surface area contributed by atoms with E-state index in [2.05, 4.69) is 5.32 Å². The Morgan fingerprint density at radius 3 is 3.00 bits per heavy atom. The predicted octanol–water partition coefficient (Wildman–Crippen LogP) is 2.28. The second-order valence-corrected chi connectivity index (χ2v) is 5.41. The molecule has 2 rings (SSSR count). The molecule has 0 saturated heterocycles. The Bertz CT molecular complexity index is 460. The van der Waals surface area contributed by atoms with E-state index in [0.717, 1.165) is 50.8 Å². The van der Waals surface area contributed by atoms with Crippen LogP contribution >= 0.6 is 0 Å². The van der Waals surface area contributed by atoms with Crippen molar-refractivity contribution in [3.05, 3.63) is 29.3 Å². The molecule has 0 atom stereocenters. The molecule has 110 valence electrons. The Kier molecular flexibility index (Phi) is 5.41. The first kappa shape index (κ1) is 14.9. The van der Waals surface area contributed by atoms with E-state index in [0.29, 0.717) is 0 Å². The number of aliphatic hydroxyl groups is 1. The third-order valence-electron chi connectivity index (χ3n) is 3.79. The van der Waals surface area contributed by atoms with Crippen LogP contribution in [0.2, 0.25) is 0 Å². The number of fused-ring (bicyclic) bond motifs is 1. The Labute approximate surface area is 120 Å². The van der Waals surface area contributed by atoms with Crippen molar-refractivity contribution in [1.82, 2.24) is 4.90 Å². The molecular formula is C16H24N2O2. The van der Waals surface area contributed by atoms with Gasteiger partial charge in [-0.3, -0.25) is 4.79 Å². The number of nitrogens with one attached hydrogen (secondary N) is 1. The fraction of sp³-hybridized carbons (Fsp3) is 0.562. The first-order valence-corrected chi connectivity index (χ1v) is 7.45. The number of anilines is 1. The maximum atomic E-state index is 12.4. The van der Waals surface area contributed by atoms with E-state index in [4.69, 9.17) is 5.11 Å². The van der Waals surface area contributed by atoms with Crippen molar-refractivity contribution in [3.63, 3.8) is 0 Å². The van der Waals surface area contributed by atoms with Crippen LogP contribution in [-0.2, 0) is 6.42 Å². The summed E-state index contributed by atoms with van der Waals surface area (Å²) < 4.78 is 0. The number of amides is 1. The largest absolute Gasteiger partial charge is 0.396 e. The third kappa shape index (κ3) is 3.73. The number of aryl methyl sites for hydroxylation is 1. The molecule has 1 aliphatic heterocycles. The molecular weight excluding hydrogens is 252 g/mol. The molecule has 1 amide bonds. The van der Waals surface area contributed by atoms with Crippen molar-refractivity contribution in [1.29, 1.82) is 0 Å². The van der Waals surface area contributed by atoms with E-state index in [-0.39, 0.29) is 12.5 Å². The standard InChI is InChI=1S/C16H24N2O2/c1-18(10-3-2-4-11-19)16(20)14-7-8-15-13(12-14)6-5-9-17-15/h7-8,12,17,19H,2-6,9-11H2,1H3. The first-order valence-electron chi connectivity index (χ1n) is 7.45. The van der Waals surface area contributed by atoms with Gasteiger partial charge >= 0.3 is 0 Å². The highest BCUT2D eigenvalue weighted by Crippen LogP contribution is 2.23. The van der Waals surface area contributed by atoms with E-state index in [1.165, 1.54) is 11.3 Å². The molecule has 0 aliphatic carbocycles. The molecule has 4 heteroatoms. The lowest BCUT2D eigenvalue weighted by Crippen LogP contribution is -2.28. The second-order valence-electron chi connectivity index (χ2n) is 5.41. The monoisotopic (exact) mass is 276 g/mol. The fourth-order valence-electron chi connectivity index (χ4n) is 2.57. The van der Waals surface area contributed by atoms with Gasteiger partial charge in [-0.05, 0) is 55.9 Å². The zero-order valence-electron chi connectivity index (χ0n) is 12.2. The Hall–Kier alpha value is -1.55. The minimum Gasteiger partial charge on any atom is -0.396 e. The molecule has 1 aromatic carbocycles. The van der Waals surface area contributed by atoms with Crippen molar-refractivity contribution in [3.8, 4) is 0 Å². The molecule has 0 saturated carbocycles. The third-order valence-corrected chi connectivity index (χ3v) is 3.79. The highest BCUT2D eigenvalue weighted by molar-refractivity contribution is 5.94. The normalized spacial score (nSPS) is 13.5. The van der Waals surface area contributed by atoms with Crippen LogP contribution < -0.4 is 5.32 Å². The molecule has 0 bridgehead atoms. The Balaban J connectivity index is 1.94. The average molecular weight is 276 g/mol. The minimum absolute atomic E-state index is 0.0855. The van der Waals surface area contributed by atoms with Crippen molar-refractivity contribution in [2.24, 2.45) is 0 Å². The lowest BCUT2D eigenvalue weighted by atomic mass is 10.0. The van der Waals surface area contributed by atoms with Gasteiger partial charge in [0.2, 0.25) is 0 Å². The number of hydrogen-bond acceptors (Lipinski definition) is 3. The molecule has 20 heavy (non-hydrogen) atoms. The Morgan fingerprint density at radius 2 is 2.20 bits per heavy atom. The van der Waals surface area contributed by atoms with Gasteiger partial charge in [0.25, 0.3) is 5.91 Å². The van der Waals surface area contributed by atoms with Crippen LogP contribution in [0.3, 0.4) is 0 Å². The van der Waals surface area contributed by atoms with Gasteiger partial charge in [0.15, 0.2) is 0 Å². The number of nitrogens with zero attached hydrogens (tertiary/aromatic N) is 1. The SMILES string of the molecule is CN(CCCCCO)C(=O)c1ccc2c(c1)CCCN2. The molecule has 0 fully saturated rings. The molecule has 0 aromatic heterocycles. The quantitative estimate of drug-likeness (QED) is 0.784. The fourth-order valence-corrected chi connectivity index (χ4v) is 2.57. The van der Waals surface area contributed by atoms with E-state index >= 15 is 0 Å². The highest BCUT2D eigenvalue weighted by atomic mass is 16.2. The van der Waals surface area contributed by atoms with Crippen molar-refractivity contribution >= 4 is 11.6 Å². The second kappa shape index (κ2) is 7.29. The van der Waals surface area contributed by atoms with E-state index in [9.17, 15) is 4.79 Å². The first-order chi connectivity index (χ1) is 9.72. The van der Waals surface area contributed by atoms with Crippen LogP contribution in [-0.4, -0.2) is 42.7 Å². The summed E-state index contributed by atoms with van der Waals surface area (Å²) in [7, 11) is 1.85. The summed E-state index contributed by atoms with van der Waals surface area (Å²) in [6.45, 7) is 1.99. The minimum atomic E-state index is 0.0855. The van der Waals surface area contributed by atoms with Gasteiger partial charge in [-0.2, -0.15) is 0 Å². The number of rotatable bonds is 6. The van der Waals surface area contributed by atoms with Crippen molar-refractivity contribution in [2.45, 2.75) is 32.1 Å². The summed E-state index contributed by atoms with van der Waals surface area (Å²) in [6.07, 6.45) is 4.88. The number of hydrogen-bond donors (Lipinski definition) is 2. The van der Waals surface area contributed by atoms with Crippen LogP contribution in [0.4, 0.5) is 5.69 Å². The lowest BCUT2D eigenvalue weighted by molar-refractivity contribution is 0.0792. The van der Waals surface area contributed by atoms with Gasteiger partial charge < -0.3 is 15.3 Å². The van der Waals surface area contributed by atoms with Gasteiger partial charge in [-0.15, -0.1) is 0 Å². The maximum Gasteiger partial charge on any atom is 0.253 e. The van der Waals surface area contributed by atoms with Gasteiger partial charge in [-0.1, -0.05) is 0 Å². The van der Waals surface area contributed by atoms with Gasteiger partial charge in [-0.25, -0.2) is 0 Å². The summed E-state index contributed by atoms with van der Waals surface area (Å²) in [5, 5.41) is 12.1. The van der Waals surface area contributed by atoms with Crippen LogP contribution in [0.1, 0.15) is 41.6 Å². The molecule has 1 heterocycles. The predicted molar refractivity (Wildman–Crippen MR) is 81.2 cm³/mol. The highest BCUT2D eigenvalue weighted by Gasteiger charge is 2.15. The number of benzene rings is 1. The number of unbranched alkanes of at least 4 members (excludes halogenated alkanes) is 2. The summed E-state index contributed by atoms with van der Waals surface area (Å²) >= 11 is 0. The number of carbonyl (C=O) groups excluding carboxylic acids is 1. The Morgan fingerprint density at radius 1 is 1.35 bits per heavy atom. The summed E-state index contributed by atoms with van der Waals surface area (Å²) in [5.74, 6) is 0.0855. The van der Waals surface area contributed by atoms with Gasteiger partial charge in [0, 0.05) is 38.0 Å². The van der Waals surface area contributed by atoms with E-state index in [1.54, 1.807) is 4.90 Å². The smallest absolute Gasteiger partial charge is 0.253 e. The number of aliphatic hydroxyl groups excluding tert-OH is 1. The summed E-state index contributed by atoms with van der Waals surface area (Å²) in [4.78, 5) is 14.1.